The Kier molecular flexibility index (Phi) is 5.07. The molecule has 1 aromatic rings. The molecule has 0 aromatic heterocycles. The molecule has 3 heterocycles. The van der Waals surface area contributed by atoms with E-state index in [1.807, 2.05) is 32.0 Å². The molecule has 4 atom stereocenters. The number of amides is 3. The summed E-state index contributed by atoms with van der Waals surface area (Å²) in [6.07, 6.45) is 1.33. The zero-order chi connectivity index (χ0) is 19.8. The number of carbonyl (C=O) groups excluding carboxylic acids is 3. The van der Waals surface area contributed by atoms with Crippen LogP contribution in [-0.2, 0) is 14.4 Å². The average Bonchev–Trinajstić information content (AvgIpc) is 3.18. The van der Waals surface area contributed by atoms with Gasteiger partial charge in [-0.15, -0.1) is 0 Å². The highest BCUT2D eigenvalue weighted by Crippen LogP contribution is 2.29. The van der Waals surface area contributed by atoms with Gasteiger partial charge in [-0.1, -0.05) is 12.1 Å². The number of likely N-dealkylation sites (tertiary alicyclic amines) is 1. The predicted molar refractivity (Wildman–Crippen MR) is 104 cm³/mol. The van der Waals surface area contributed by atoms with E-state index in [1.165, 1.54) is 0 Å². The van der Waals surface area contributed by atoms with Gasteiger partial charge in [0, 0.05) is 25.2 Å². The van der Waals surface area contributed by atoms with Gasteiger partial charge in [-0.3, -0.25) is 24.6 Å². The number of hydrogen-bond acceptors (Lipinski definition) is 5. The second-order valence-corrected chi connectivity index (χ2v) is 8.01. The minimum atomic E-state index is -0.717. The molecule has 3 fully saturated rings. The number of fused-ring (bicyclic) bond motifs is 1. The Bertz CT molecular complexity index is 805. The Morgan fingerprint density at radius 1 is 1.14 bits per heavy atom. The van der Waals surface area contributed by atoms with E-state index in [2.05, 4.69) is 26.2 Å². The van der Waals surface area contributed by atoms with E-state index in [0.29, 0.717) is 5.69 Å². The number of nitrogens with one attached hydrogen (secondary N) is 4. The molecule has 150 valence electrons. The SMILES string of the molecule is Cc1ccc(C)c(NC(=O)C2CC(=O)NC3NC(N4CCCC4)NC(=O)C32)c1. The van der Waals surface area contributed by atoms with Crippen LogP contribution in [0.15, 0.2) is 18.2 Å². The monoisotopic (exact) mass is 385 g/mol. The second-order valence-electron chi connectivity index (χ2n) is 8.01. The van der Waals surface area contributed by atoms with Gasteiger partial charge in [0.1, 0.15) is 6.29 Å². The van der Waals surface area contributed by atoms with Crippen molar-refractivity contribution in [2.75, 3.05) is 18.4 Å². The first kappa shape index (κ1) is 18.9. The molecule has 8 heteroatoms. The number of benzene rings is 1. The van der Waals surface area contributed by atoms with Crippen molar-refractivity contribution in [3.63, 3.8) is 0 Å². The second kappa shape index (κ2) is 7.52. The van der Waals surface area contributed by atoms with E-state index in [1.54, 1.807) is 0 Å². The average molecular weight is 385 g/mol. The minimum absolute atomic E-state index is 0.00133. The molecule has 1 aromatic carbocycles. The highest BCUT2D eigenvalue weighted by Gasteiger charge is 2.49. The summed E-state index contributed by atoms with van der Waals surface area (Å²) in [5, 5.41) is 12.1. The third-order valence-electron chi connectivity index (χ3n) is 5.93. The summed E-state index contributed by atoms with van der Waals surface area (Å²) in [4.78, 5) is 40.3. The summed E-state index contributed by atoms with van der Waals surface area (Å²) in [5.74, 6) is -2.06. The van der Waals surface area contributed by atoms with Crippen LogP contribution < -0.4 is 21.3 Å². The molecule has 4 N–H and O–H groups in total. The molecular formula is C20H27N5O3. The fourth-order valence-electron chi connectivity index (χ4n) is 4.35. The van der Waals surface area contributed by atoms with Crippen LogP contribution in [0.5, 0.6) is 0 Å². The molecule has 0 spiro atoms. The number of carbonyl (C=O) groups is 3. The van der Waals surface area contributed by atoms with Crippen LogP contribution in [-0.4, -0.2) is 48.2 Å². The topological polar surface area (TPSA) is 103 Å². The number of rotatable bonds is 3. The minimum Gasteiger partial charge on any atom is -0.340 e. The Hall–Kier alpha value is -2.45. The Labute approximate surface area is 164 Å². The van der Waals surface area contributed by atoms with Crippen LogP contribution in [0.4, 0.5) is 5.69 Å². The fourth-order valence-corrected chi connectivity index (χ4v) is 4.35. The molecule has 3 amide bonds. The number of anilines is 1. The van der Waals surface area contributed by atoms with Gasteiger partial charge >= 0.3 is 0 Å². The summed E-state index contributed by atoms with van der Waals surface area (Å²) < 4.78 is 0. The molecule has 0 saturated carbocycles. The van der Waals surface area contributed by atoms with Gasteiger partial charge in [0.25, 0.3) is 0 Å². The summed E-state index contributed by atoms with van der Waals surface area (Å²) >= 11 is 0. The molecule has 4 rings (SSSR count). The van der Waals surface area contributed by atoms with Gasteiger partial charge in [0.2, 0.25) is 17.7 Å². The van der Waals surface area contributed by atoms with Crippen molar-refractivity contribution < 1.29 is 14.4 Å². The lowest BCUT2D eigenvalue weighted by atomic mass is 9.81. The number of aryl methyl sites for hydroxylation is 2. The van der Waals surface area contributed by atoms with Crippen molar-refractivity contribution in [1.82, 2.24) is 20.9 Å². The Morgan fingerprint density at radius 2 is 1.89 bits per heavy atom. The van der Waals surface area contributed by atoms with E-state index in [4.69, 9.17) is 0 Å². The first-order valence-electron chi connectivity index (χ1n) is 9.90. The summed E-state index contributed by atoms with van der Waals surface area (Å²) in [6.45, 7) is 5.68. The molecule has 3 saturated heterocycles. The molecular weight excluding hydrogens is 358 g/mol. The summed E-state index contributed by atoms with van der Waals surface area (Å²) in [6, 6.07) is 5.82. The van der Waals surface area contributed by atoms with Crippen molar-refractivity contribution in [3.05, 3.63) is 29.3 Å². The number of piperidine rings is 1. The lowest BCUT2D eigenvalue weighted by Crippen LogP contribution is -2.74. The quantitative estimate of drug-likeness (QED) is 0.604. The molecule has 8 nitrogen and oxygen atoms in total. The maximum atomic E-state index is 13.0. The van der Waals surface area contributed by atoms with Gasteiger partial charge < -0.3 is 16.0 Å². The van der Waals surface area contributed by atoms with Crippen LogP contribution in [0.3, 0.4) is 0 Å². The molecule has 0 radical (unpaired) electrons. The van der Waals surface area contributed by atoms with Crippen LogP contribution in [0.2, 0.25) is 0 Å². The Morgan fingerprint density at radius 3 is 2.64 bits per heavy atom. The highest BCUT2D eigenvalue weighted by atomic mass is 16.2. The third kappa shape index (κ3) is 3.62. The van der Waals surface area contributed by atoms with Crippen LogP contribution in [0.25, 0.3) is 0 Å². The lowest BCUT2D eigenvalue weighted by Gasteiger charge is -2.45. The normalized spacial score (nSPS) is 30.4. The molecule has 3 aliphatic heterocycles. The summed E-state index contributed by atoms with van der Waals surface area (Å²) in [7, 11) is 0. The van der Waals surface area contributed by atoms with E-state index in [0.717, 1.165) is 37.1 Å². The van der Waals surface area contributed by atoms with E-state index in [-0.39, 0.29) is 30.4 Å². The van der Waals surface area contributed by atoms with Crippen LogP contribution in [0, 0.1) is 25.7 Å². The maximum Gasteiger partial charge on any atom is 0.229 e. The van der Waals surface area contributed by atoms with Gasteiger partial charge in [-0.2, -0.15) is 0 Å². The van der Waals surface area contributed by atoms with Gasteiger partial charge in [-0.25, -0.2) is 0 Å². The first-order chi connectivity index (χ1) is 13.4. The van der Waals surface area contributed by atoms with Crippen molar-refractivity contribution in [2.45, 2.75) is 45.6 Å². The van der Waals surface area contributed by atoms with Gasteiger partial charge in [0.05, 0.1) is 18.0 Å². The highest BCUT2D eigenvalue weighted by molar-refractivity contribution is 6.00. The lowest BCUT2D eigenvalue weighted by molar-refractivity contribution is -0.147. The smallest absolute Gasteiger partial charge is 0.229 e. The standard InChI is InChI=1S/C20H27N5O3/c1-11-5-6-12(2)14(9-11)21-18(27)13-10-15(26)22-17-16(13)19(28)24-20(23-17)25-7-3-4-8-25/h5-6,9,13,16-17,20,23H,3-4,7-8,10H2,1-2H3,(H,21,27)(H,22,26)(H,24,28). The third-order valence-corrected chi connectivity index (χ3v) is 5.93. The number of nitrogens with zero attached hydrogens (tertiary/aromatic N) is 1. The molecule has 0 aliphatic carbocycles. The maximum absolute atomic E-state index is 13.0. The summed E-state index contributed by atoms with van der Waals surface area (Å²) in [5.41, 5.74) is 2.69. The largest absolute Gasteiger partial charge is 0.340 e. The predicted octanol–water partition coefficient (Wildman–Crippen LogP) is 0.419. The Balaban J connectivity index is 1.52. The van der Waals surface area contributed by atoms with Crippen LogP contribution >= 0.6 is 0 Å². The molecule has 28 heavy (non-hydrogen) atoms. The van der Waals surface area contributed by atoms with Crippen molar-refractivity contribution in [3.8, 4) is 0 Å². The van der Waals surface area contributed by atoms with Crippen molar-refractivity contribution in [1.29, 1.82) is 0 Å². The molecule has 3 aliphatic rings. The van der Waals surface area contributed by atoms with E-state index in [9.17, 15) is 14.4 Å². The van der Waals surface area contributed by atoms with Crippen LogP contribution in [0.1, 0.15) is 30.4 Å². The molecule has 0 bridgehead atoms. The van der Waals surface area contributed by atoms with E-state index < -0.39 is 18.0 Å². The van der Waals surface area contributed by atoms with Crippen molar-refractivity contribution in [2.24, 2.45) is 11.8 Å². The van der Waals surface area contributed by atoms with Gasteiger partial charge in [0.15, 0.2) is 0 Å². The van der Waals surface area contributed by atoms with Crippen molar-refractivity contribution >= 4 is 23.4 Å². The zero-order valence-electron chi connectivity index (χ0n) is 16.2. The van der Waals surface area contributed by atoms with E-state index >= 15 is 0 Å². The molecule has 4 unspecified atom stereocenters. The number of hydrogen-bond donors (Lipinski definition) is 4. The fraction of sp³-hybridized carbons (Fsp3) is 0.550. The zero-order valence-corrected chi connectivity index (χ0v) is 16.2. The van der Waals surface area contributed by atoms with Gasteiger partial charge in [-0.05, 0) is 43.9 Å². The first-order valence-corrected chi connectivity index (χ1v) is 9.90.